The molecule has 4 heterocycles. The van der Waals surface area contributed by atoms with E-state index in [1.807, 2.05) is 82.4 Å². The summed E-state index contributed by atoms with van der Waals surface area (Å²) in [5, 5.41) is 19.1. The topological polar surface area (TPSA) is 87.3 Å². The van der Waals surface area contributed by atoms with Crippen molar-refractivity contribution in [1.82, 2.24) is 29.4 Å². The second kappa shape index (κ2) is 17.6. The number of piperazine rings is 2. The van der Waals surface area contributed by atoms with Crippen LogP contribution in [0.2, 0.25) is 5.02 Å². The van der Waals surface area contributed by atoms with E-state index in [2.05, 4.69) is 66.2 Å². The van der Waals surface area contributed by atoms with Crippen LogP contribution in [0.3, 0.4) is 0 Å². The first-order valence-electron chi connectivity index (χ1n) is 18.3. The molecule has 280 valence electrons. The lowest BCUT2D eigenvalue weighted by Crippen LogP contribution is -2.46. The number of para-hydroxylation sites is 4. The molecule has 54 heavy (non-hydrogen) atoms. The van der Waals surface area contributed by atoms with Gasteiger partial charge in [0, 0.05) is 82.9 Å². The molecule has 2 aliphatic heterocycles. The Morgan fingerprint density at radius 2 is 1.04 bits per heavy atom. The molecule has 2 saturated heterocycles. The van der Waals surface area contributed by atoms with E-state index in [1.165, 1.54) is 11.4 Å². The maximum Gasteiger partial charge on any atom is 0.142 e. The first kappa shape index (κ1) is 36.9. The number of phenolic OH excluding ortho intramolecular Hbond substituents is 1. The van der Waals surface area contributed by atoms with Gasteiger partial charge in [-0.15, -0.1) is 0 Å². The Balaban J connectivity index is 0.000000167. The average Bonchev–Trinajstić information content (AvgIpc) is 3.89. The summed E-state index contributed by atoms with van der Waals surface area (Å²) in [7, 11) is 3.45. The Morgan fingerprint density at radius 1 is 0.556 bits per heavy atom. The van der Waals surface area contributed by atoms with Gasteiger partial charge in [-0.2, -0.15) is 10.2 Å². The van der Waals surface area contributed by atoms with Crippen molar-refractivity contribution in [3.8, 4) is 28.6 Å². The summed E-state index contributed by atoms with van der Waals surface area (Å²) in [6, 6.07) is 35.5. The molecule has 0 radical (unpaired) electrons. The summed E-state index contributed by atoms with van der Waals surface area (Å²) in [5.41, 5.74) is 6.60. The van der Waals surface area contributed by atoms with Crippen LogP contribution in [0.5, 0.6) is 17.2 Å². The number of nitrogens with zero attached hydrogens (tertiary/aromatic N) is 8. The van der Waals surface area contributed by atoms with E-state index in [4.69, 9.17) is 21.1 Å². The number of halogens is 1. The Bertz CT molecular complexity index is 2090. The standard InChI is InChI=1S/C21H23ClN4O.C21H24N4O2/c1-27-21-8-3-2-7-20(21)25-13-11-24(12-14-25)16-19-9-10-23-26(19)18-6-4-5-17(22)15-18;1-27-21-5-3-2-4-20(21)24-14-12-23(13-15-24)16-18-10-11-22-25(18)17-6-8-19(26)9-7-17/h2-10,15H,11-14,16H2,1H3;2-11,26H,12-16H2,1H3. The van der Waals surface area contributed by atoms with Crippen molar-refractivity contribution in [2.45, 2.75) is 13.1 Å². The Morgan fingerprint density at radius 3 is 1.52 bits per heavy atom. The van der Waals surface area contributed by atoms with E-state index < -0.39 is 0 Å². The number of ether oxygens (including phenoxy) is 2. The lowest BCUT2D eigenvalue weighted by molar-refractivity contribution is 0.244. The molecule has 0 aliphatic carbocycles. The van der Waals surface area contributed by atoms with Crippen molar-refractivity contribution in [2.75, 3.05) is 76.4 Å². The van der Waals surface area contributed by atoms with Gasteiger partial charge in [0.2, 0.25) is 0 Å². The molecule has 8 rings (SSSR count). The van der Waals surface area contributed by atoms with Crippen molar-refractivity contribution >= 4 is 23.0 Å². The van der Waals surface area contributed by atoms with E-state index >= 15 is 0 Å². The molecule has 12 heteroatoms. The second-order valence-corrected chi connectivity index (χ2v) is 13.8. The second-order valence-electron chi connectivity index (χ2n) is 13.3. The summed E-state index contributed by atoms with van der Waals surface area (Å²) in [4.78, 5) is 9.68. The molecule has 0 saturated carbocycles. The van der Waals surface area contributed by atoms with Crippen LogP contribution in [0.1, 0.15) is 11.4 Å². The van der Waals surface area contributed by atoms with Gasteiger partial charge in [-0.3, -0.25) is 9.80 Å². The number of phenols is 1. The number of aromatic hydroxyl groups is 1. The fourth-order valence-corrected chi connectivity index (χ4v) is 7.29. The van der Waals surface area contributed by atoms with Gasteiger partial charge in [-0.1, -0.05) is 41.9 Å². The molecule has 4 aromatic carbocycles. The predicted molar refractivity (Wildman–Crippen MR) is 215 cm³/mol. The van der Waals surface area contributed by atoms with Crippen LogP contribution < -0.4 is 19.3 Å². The first-order valence-corrected chi connectivity index (χ1v) is 18.7. The largest absolute Gasteiger partial charge is 0.508 e. The van der Waals surface area contributed by atoms with Gasteiger partial charge in [0.25, 0.3) is 0 Å². The number of hydrogen-bond acceptors (Lipinski definition) is 9. The highest BCUT2D eigenvalue weighted by Crippen LogP contribution is 2.30. The minimum absolute atomic E-state index is 0.264. The molecule has 1 N–H and O–H groups in total. The summed E-state index contributed by atoms with van der Waals surface area (Å²) in [6.45, 7) is 9.57. The summed E-state index contributed by atoms with van der Waals surface area (Å²) < 4.78 is 14.9. The van der Waals surface area contributed by atoms with Gasteiger partial charge in [-0.05, 0) is 78.9 Å². The van der Waals surface area contributed by atoms with Crippen LogP contribution in [0.4, 0.5) is 11.4 Å². The molecule has 0 unspecified atom stereocenters. The van der Waals surface area contributed by atoms with Gasteiger partial charge in [0.15, 0.2) is 0 Å². The van der Waals surface area contributed by atoms with Gasteiger partial charge in [0.1, 0.15) is 17.2 Å². The van der Waals surface area contributed by atoms with Crippen molar-refractivity contribution in [3.05, 3.63) is 138 Å². The van der Waals surface area contributed by atoms with Crippen LogP contribution in [0.25, 0.3) is 11.4 Å². The van der Waals surface area contributed by atoms with Crippen molar-refractivity contribution in [3.63, 3.8) is 0 Å². The monoisotopic (exact) mass is 746 g/mol. The number of benzene rings is 4. The van der Waals surface area contributed by atoms with E-state index in [9.17, 15) is 5.11 Å². The normalized spacial score (nSPS) is 15.1. The molecule has 0 spiro atoms. The molecular formula is C42H47ClN8O3. The quantitative estimate of drug-likeness (QED) is 0.163. The van der Waals surface area contributed by atoms with Gasteiger partial charge < -0.3 is 24.4 Å². The minimum atomic E-state index is 0.264. The van der Waals surface area contributed by atoms with Gasteiger partial charge in [0.05, 0.1) is 48.4 Å². The average molecular weight is 747 g/mol. The zero-order chi connectivity index (χ0) is 37.3. The number of aromatic nitrogens is 4. The number of methoxy groups -OCH3 is 2. The van der Waals surface area contributed by atoms with Crippen LogP contribution in [-0.4, -0.2) is 101 Å². The van der Waals surface area contributed by atoms with Gasteiger partial charge >= 0.3 is 0 Å². The first-order chi connectivity index (χ1) is 26.5. The highest BCUT2D eigenvalue weighted by molar-refractivity contribution is 6.30. The molecule has 2 aliphatic rings. The Kier molecular flexibility index (Phi) is 12.0. The summed E-state index contributed by atoms with van der Waals surface area (Å²) in [6.07, 6.45) is 3.68. The Hall–Kier alpha value is -5.49. The third kappa shape index (κ3) is 8.82. The lowest BCUT2D eigenvalue weighted by Gasteiger charge is -2.36. The van der Waals surface area contributed by atoms with Crippen LogP contribution in [-0.2, 0) is 13.1 Å². The highest BCUT2D eigenvalue weighted by atomic mass is 35.5. The van der Waals surface area contributed by atoms with Crippen LogP contribution in [0, 0.1) is 0 Å². The SMILES string of the molecule is COc1ccccc1N1CCN(Cc2ccnn2-c2ccc(O)cc2)CC1.COc1ccccc1N1CCN(Cc2ccnn2-c2cccc(Cl)c2)CC1. The molecular weight excluding hydrogens is 700 g/mol. The molecule has 0 atom stereocenters. The fraction of sp³-hybridized carbons (Fsp3) is 0.286. The van der Waals surface area contributed by atoms with E-state index in [-0.39, 0.29) is 5.75 Å². The van der Waals surface area contributed by atoms with Crippen molar-refractivity contribution in [2.24, 2.45) is 0 Å². The third-order valence-corrected chi connectivity index (χ3v) is 10.2. The molecule has 6 aromatic rings. The fourth-order valence-electron chi connectivity index (χ4n) is 7.10. The highest BCUT2D eigenvalue weighted by Gasteiger charge is 2.22. The predicted octanol–water partition coefficient (Wildman–Crippen LogP) is 6.77. The maximum absolute atomic E-state index is 9.49. The van der Waals surface area contributed by atoms with Gasteiger partial charge in [-0.25, -0.2) is 9.36 Å². The molecule has 0 bridgehead atoms. The van der Waals surface area contributed by atoms with E-state index in [0.29, 0.717) is 0 Å². The van der Waals surface area contributed by atoms with E-state index in [0.717, 1.165) is 105 Å². The Labute approximate surface area is 322 Å². The number of rotatable bonds is 10. The van der Waals surface area contributed by atoms with Crippen LogP contribution in [0.15, 0.2) is 122 Å². The zero-order valence-corrected chi connectivity index (χ0v) is 31.6. The molecule has 11 nitrogen and oxygen atoms in total. The van der Waals surface area contributed by atoms with Crippen molar-refractivity contribution < 1.29 is 14.6 Å². The summed E-state index contributed by atoms with van der Waals surface area (Å²) >= 11 is 6.14. The molecule has 2 aromatic heterocycles. The number of hydrogen-bond donors (Lipinski definition) is 1. The lowest BCUT2D eigenvalue weighted by atomic mass is 10.2. The molecule has 2 fully saturated rings. The summed E-state index contributed by atoms with van der Waals surface area (Å²) in [5.74, 6) is 2.13. The minimum Gasteiger partial charge on any atom is -0.508 e. The van der Waals surface area contributed by atoms with Crippen LogP contribution >= 0.6 is 11.6 Å². The maximum atomic E-state index is 9.49. The third-order valence-electron chi connectivity index (χ3n) is 9.96. The van der Waals surface area contributed by atoms with Crippen molar-refractivity contribution in [1.29, 1.82) is 0 Å². The number of anilines is 2. The smallest absolute Gasteiger partial charge is 0.142 e. The van der Waals surface area contributed by atoms with E-state index in [1.54, 1.807) is 26.4 Å². The molecule has 0 amide bonds. The zero-order valence-electron chi connectivity index (χ0n) is 30.8.